The first kappa shape index (κ1) is 13.7. The van der Waals surface area contributed by atoms with Gasteiger partial charge >= 0.3 is 0 Å². The van der Waals surface area contributed by atoms with Gasteiger partial charge in [-0.25, -0.2) is 4.68 Å². The van der Waals surface area contributed by atoms with E-state index in [0.717, 1.165) is 5.56 Å². The number of anilines is 1. The number of carbonyl (C=O) groups excluding carboxylic acids is 1. The van der Waals surface area contributed by atoms with Crippen molar-refractivity contribution in [3.63, 3.8) is 0 Å². The number of carbonyl (C=O) groups is 1. The number of aromatic nitrogens is 4. The Labute approximate surface area is 129 Å². The van der Waals surface area contributed by atoms with Crippen molar-refractivity contribution in [2.24, 2.45) is 7.05 Å². The molecular weight excluding hydrogens is 310 g/mol. The summed E-state index contributed by atoms with van der Waals surface area (Å²) in [5.41, 5.74) is 1.57. The lowest BCUT2D eigenvalue weighted by Crippen LogP contribution is -2.09. The summed E-state index contributed by atoms with van der Waals surface area (Å²) in [5.74, 6) is 0.484. The molecule has 1 N–H and O–H groups in total. The highest BCUT2D eigenvalue weighted by atomic mass is 35.5. The van der Waals surface area contributed by atoms with E-state index in [-0.39, 0.29) is 5.91 Å². The lowest BCUT2D eigenvalue weighted by atomic mass is 10.2. The molecule has 0 bridgehead atoms. The number of amides is 1. The molecule has 0 aliphatic heterocycles. The van der Waals surface area contributed by atoms with E-state index in [0.29, 0.717) is 20.7 Å². The van der Waals surface area contributed by atoms with E-state index in [4.69, 9.17) is 11.6 Å². The highest BCUT2D eigenvalue weighted by Gasteiger charge is 2.10. The highest BCUT2D eigenvalue weighted by molar-refractivity contribution is 7.18. The molecule has 0 radical (unpaired) electrons. The predicted molar refractivity (Wildman–Crippen MR) is 81.5 cm³/mol. The summed E-state index contributed by atoms with van der Waals surface area (Å²) in [7, 11) is 1.77. The molecule has 0 atom stereocenters. The molecule has 3 rings (SSSR count). The minimum absolute atomic E-state index is 0.181. The normalized spacial score (nSPS) is 10.6. The van der Waals surface area contributed by atoms with E-state index in [9.17, 15) is 4.79 Å². The maximum absolute atomic E-state index is 12.0. The van der Waals surface area contributed by atoms with Crippen molar-refractivity contribution in [3.05, 3.63) is 45.6 Å². The number of aryl methyl sites for hydroxylation is 1. The summed E-state index contributed by atoms with van der Waals surface area (Å²) < 4.78 is 2.17. The van der Waals surface area contributed by atoms with Gasteiger partial charge in [-0.3, -0.25) is 4.79 Å². The third kappa shape index (κ3) is 2.93. The fourth-order valence-corrected chi connectivity index (χ4v) is 2.74. The molecule has 106 valence electrons. The van der Waals surface area contributed by atoms with Gasteiger partial charge in [0, 0.05) is 18.3 Å². The Bertz CT molecular complexity index is 780. The van der Waals surface area contributed by atoms with Gasteiger partial charge in [0.15, 0.2) is 5.82 Å². The van der Waals surface area contributed by atoms with Gasteiger partial charge in [-0.15, -0.1) is 16.4 Å². The largest absolute Gasteiger partial charge is 0.321 e. The number of hydrogen-bond donors (Lipinski definition) is 1. The second-order valence-electron chi connectivity index (χ2n) is 4.26. The number of tetrazole rings is 1. The minimum Gasteiger partial charge on any atom is -0.321 e. The van der Waals surface area contributed by atoms with E-state index in [2.05, 4.69) is 20.8 Å². The fraction of sp³-hybridized carbons (Fsp3) is 0.0769. The Morgan fingerprint density at radius 2 is 2.00 bits per heavy atom. The van der Waals surface area contributed by atoms with Gasteiger partial charge < -0.3 is 5.32 Å². The van der Waals surface area contributed by atoms with E-state index in [1.54, 1.807) is 36.0 Å². The first-order chi connectivity index (χ1) is 10.1. The summed E-state index contributed by atoms with van der Waals surface area (Å²) >= 11 is 7.06. The van der Waals surface area contributed by atoms with Crippen LogP contribution in [0.4, 0.5) is 5.69 Å². The van der Waals surface area contributed by atoms with Gasteiger partial charge in [-0.2, -0.15) is 0 Å². The number of nitrogens with one attached hydrogen (secondary N) is 1. The summed E-state index contributed by atoms with van der Waals surface area (Å²) in [5, 5.41) is 14.1. The molecule has 0 unspecified atom stereocenters. The number of thiophene rings is 1. The van der Waals surface area contributed by atoms with Gasteiger partial charge in [0.1, 0.15) is 0 Å². The van der Waals surface area contributed by atoms with Crippen molar-refractivity contribution in [3.8, 4) is 11.4 Å². The van der Waals surface area contributed by atoms with Crippen LogP contribution in [-0.4, -0.2) is 26.1 Å². The van der Waals surface area contributed by atoms with E-state index >= 15 is 0 Å². The van der Waals surface area contributed by atoms with Crippen LogP contribution in [0.5, 0.6) is 0 Å². The number of rotatable bonds is 3. The van der Waals surface area contributed by atoms with E-state index < -0.39 is 0 Å². The van der Waals surface area contributed by atoms with E-state index in [1.165, 1.54) is 11.3 Å². The van der Waals surface area contributed by atoms with Gasteiger partial charge in [0.25, 0.3) is 5.91 Å². The molecular formula is C13H10ClN5OS. The molecule has 0 saturated carbocycles. The Balaban J connectivity index is 1.76. The molecule has 2 heterocycles. The smallest absolute Gasteiger partial charge is 0.265 e. The van der Waals surface area contributed by atoms with Crippen molar-refractivity contribution >= 4 is 34.5 Å². The van der Waals surface area contributed by atoms with Gasteiger partial charge in [-0.05, 0) is 46.8 Å². The van der Waals surface area contributed by atoms with Gasteiger partial charge in [0.05, 0.1) is 9.21 Å². The minimum atomic E-state index is -0.181. The Morgan fingerprint density at radius 1 is 1.24 bits per heavy atom. The molecule has 0 saturated heterocycles. The summed E-state index contributed by atoms with van der Waals surface area (Å²) in [6.45, 7) is 0. The molecule has 0 fully saturated rings. The molecule has 6 nitrogen and oxygen atoms in total. The molecule has 0 spiro atoms. The standard InChI is InChI=1S/C13H10ClN5OS/c1-19-12(16-17-18-19)8-2-4-9(5-3-8)15-13(20)10-6-7-11(14)21-10/h2-7H,1H3,(H,15,20). The molecule has 0 aliphatic carbocycles. The summed E-state index contributed by atoms with van der Waals surface area (Å²) in [4.78, 5) is 12.6. The highest BCUT2D eigenvalue weighted by Crippen LogP contribution is 2.23. The maximum atomic E-state index is 12.0. The number of hydrogen-bond acceptors (Lipinski definition) is 5. The third-order valence-corrected chi connectivity index (χ3v) is 4.05. The van der Waals surface area contributed by atoms with Crippen LogP contribution >= 0.6 is 22.9 Å². The first-order valence-corrected chi connectivity index (χ1v) is 7.22. The fourth-order valence-electron chi connectivity index (χ4n) is 1.81. The van der Waals surface area contributed by atoms with Crippen LogP contribution in [0.1, 0.15) is 9.67 Å². The van der Waals surface area contributed by atoms with Crippen molar-refractivity contribution in [1.29, 1.82) is 0 Å². The SMILES string of the molecule is Cn1nnnc1-c1ccc(NC(=O)c2ccc(Cl)s2)cc1. The van der Waals surface area contributed by atoms with Crippen LogP contribution in [0.15, 0.2) is 36.4 Å². The molecule has 1 aromatic carbocycles. The lowest BCUT2D eigenvalue weighted by Gasteiger charge is -2.04. The maximum Gasteiger partial charge on any atom is 0.265 e. The number of nitrogens with zero attached hydrogens (tertiary/aromatic N) is 4. The molecule has 8 heteroatoms. The predicted octanol–water partition coefficient (Wildman–Crippen LogP) is 2.84. The zero-order valence-corrected chi connectivity index (χ0v) is 12.5. The van der Waals surface area contributed by atoms with Crippen LogP contribution in [0, 0.1) is 0 Å². The quantitative estimate of drug-likeness (QED) is 0.805. The Kier molecular flexibility index (Phi) is 3.68. The van der Waals surface area contributed by atoms with Crippen molar-refractivity contribution < 1.29 is 4.79 Å². The molecule has 3 aromatic rings. The number of halogens is 1. The zero-order valence-electron chi connectivity index (χ0n) is 10.9. The van der Waals surface area contributed by atoms with Crippen LogP contribution in [0.2, 0.25) is 4.34 Å². The average molecular weight is 320 g/mol. The van der Waals surface area contributed by atoms with Crippen molar-refractivity contribution in [2.45, 2.75) is 0 Å². The molecule has 21 heavy (non-hydrogen) atoms. The Hall–Kier alpha value is -2.25. The van der Waals surface area contributed by atoms with Crippen molar-refractivity contribution in [1.82, 2.24) is 20.2 Å². The number of benzene rings is 1. The van der Waals surface area contributed by atoms with Crippen LogP contribution in [0.25, 0.3) is 11.4 Å². The summed E-state index contributed by atoms with van der Waals surface area (Å²) in [6.07, 6.45) is 0. The second kappa shape index (κ2) is 5.63. The van der Waals surface area contributed by atoms with Gasteiger partial charge in [0.2, 0.25) is 0 Å². The molecule has 0 aliphatic rings. The second-order valence-corrected chi connectivity index (χ2v) is 5.98. The van der Waals surface area contributed by atoms with Crippen LogP contribution < -0.4 is 5.32 Å². The lowest BCUT2D eigenvalue weighted by molar-refractivity contribution is 0.103. The van der Waals surface area contributed by atoms with Crippen LogP contribution in [-0.2, 0) is 7.05 Å². The Morgan fingerprint density at radius 3 is 2.57 bits per heavy atom. The molecule has 1 amide bonds. The third-order valence-electron chi connectivity index (χ3n) is 2.82. The van der Waals surface area contributed by atoms with Gasteiger partial charge in [-0.1, -0.05) is 11.6 Å². The topological polar surface area (TPSA) is 72.7 Å². The molecule has 2 aromatic heterocycles. The monoisotopic (exact) mass is 319 g/mol. The van der Waals surface area contributed by atoms with Crippen LogP contribution in [0.3, 0.4) is 0 Å². The average Bonchev–Trinajstić information content (AvgIpc) is 3.08. The summed E-state index contributed by atoms with van der Waals surface area (Å²) in [6, 6.07) is 10.7. The van der Waals surface area contributed by atoms with Crippen molar-refractivity contribution in [2.75, 3.05) is 5.32 Å². The van der Waals surface area contributed by atoms with E-state index in [1.807, 2.05) is 12.1 Å². The zero-order chi connectivity index (χ0) is 14.8. The first-order valence-electron chi connectivity index (χ1n) is 6.03.